The normalized spacial score (nSPS) is 17.3. The molecule has 2 heterocycles. The molecule has 0 saturated carbocycles. The minimum Gasteiger partial charge on any atom is -0.481 e. The molecule has 138 valence electrons. The first-order chi connectivity index (χ1) is 12.4. The standard InChI is InChI=1S/C18H17Cl2NO5/c1-10-9-26-14(7-16(22)23)17(10)18(24)21-4-5-25-15(8-21)11-2-3-12(19)13(20)6-11/h2-3,6,9,15H,4-5,7-8H2,1H3,(H,22,23). The fraction of sp³-hybridized carbons (Fsp3) is 0.333. The van der Waals surface area contributed by atoms with Crippen molar-refractivity contribution >= 4 is 35.1 Å². The van der Waals surface area contributed by atoms with E-state index in [1.54, 1.807) is 24.0 Å². The number of amides is 1. The molecule has 3 rings (SSSR count). The molecule has 1 N–H and O–H groups in total. The van der Waals surface area contributed by atoms with Crippen LogP contribution in [0, 0.1) is 6.92 Å². The number of halogens is 2. The van der Waals surface area contributed by atoms with Gasteiger partial charge in [-0.2, -0.15) is 0 Å². The number of hydrogen-bond donors (Lipinski definition) is 1. The van der Waals surface area contributed by atoms with Crippen molar-refractivity contribution in [1.29, 1.82) is 0 Å². The zero-order chi connectivity index (χ0) is 18.8. The number of carbonyl (C=O) groups is 2. The molecule has 1 aliphatic heterocycles. The Balaban J connectivity index is 1.81. The predicted molar refractivity (Wildman–Crippen MR) is 95.8 cm³/mol. The first-order valence-electron chi connectivity index (χ1n) is 8.01. The molecular formula is C18H17Cl2NO5. The van der Waals surface area contributed by atoms with E-state index < -0.39 is 5.97 Å². The Bertz CT molecular complexity index is 848. The number of nitrogens with zero attached hydrogens (tertiary/aromatic N) is 1. The Labute approximate surface area is 160 Å². The van der Waals surface area contributed by atoms with Gasteiger partial charge in [0.25, 0.3) is 5.91 Å². The molecule has 0 aliphatic carbocycles. The second-order valence-corrected chi connectivity index (χ2v) is 6.89. The van der Waals surface area contributed by atoms with E-state index in [1.807, 2.05) is 6.07 Å². The van der Waals surface area contributed by atoms with Crippen LogP contribution in [0.25, 0.3) is 0 Å². The third kappa shape index (κ3) is 3.87. The van der Waals surface area contributed by atoms with Crippen molar-refractivity contribution in [2.24, 2.45) is 0 Å². The van der Waals surface area contributed by atoms with Gasteiger partial charge in [0.15, 0.2) is 0 Å². The molecule has 26 heavy (non-hydrogen) atoms. The molecule has 2 aromatic rings. The van der Waals surface area contributed by atoms with Crippen LogP contribution in [-0.2, 0) is 16.0 Å². The number of aryl methyl sites for hydroxylation is 1. The number of aliphatic carboxylic acids is 1. The van der Waals surface area contributed by atoms with Gasteiger partial charge in [0.1, 0.15) is 18.3 Å². The molecule has 1 aliphatic rings. The summed E-state index contributed by atoms with van der Waals surface area (Å²) in [5, 5.41) is 9.88. The van der Waals surface area contributed by atoms with Gasteiger partial charge in [0.2, 0.25) is 0 Å². The molecule has 1 amide bonds. The van der Waals surface area contributed by atoms with Crippen molar-refractivity contribution < 1.29 is 23.8 Å². The Morgan fingerprint density at radius 1 is 1.31 bits per heavy atom. The fourth-order valence-electron chi connectivity index (χ4n) is 2.96. The van der Waals surface area contributed by atoms with Crippen molar-refractivity contribution in [1.82, 2.24) is 4.90 Å². The molecule has 1 saturated heterocycles. The van der Waals surface area contributed by atoms with Crippen molar-refractivity contribution in [3.8, 4) is 0 Å². The quantitative estimate of drug-likeness (QED) is 0.849. The highest BCUT2D eigenvalue weighted by Gasteiger charge is 2.30. The molecule has 1 fully saturated rings. The van der Waals surface area contributed by atoms with Crippen LogP contribution in [0.1, 0.15) is 33.3 Å². The molecule has 0 bridgehead atoms. The summed E-state index contributed by atoms with van der Waals surface area (Å²) >= 11 is 12.0. The maximum Gasteiger partial charge on any atom is 0.311 e. The SMILES string of the molecule is Cc1coc(CC(=O)O)c1C(=O)N1CCOC(c2ccc(Cl)c(Cl)c2)C1. The summed E-state index contributed by atoms with van der Waals surface area (Å²) in [6.07, 6.45) is 0.732. The topological polar surface area (TPSA) is 80.0 Å². The first kappa shape index (κ1) is 18.8. The zero-order valence-electron chi connectivity index (χ0n) is 14.0. The molecule has 1 unspecified atom stereocenters. The van der Waals surface area contributed by atoms with Gasteiger partial charge in [-0.05, 0) is 24.6 Å². The molecule has 0 spiro atoms. The summed E-state index contributed by atoms with van der Waals surface area (Å²) in [7, 11) is 0. The predicted octanol–water partition coefficient (Wildman–Crippen LogP) is 3.74. The third-order valence-corrected chi connectivity index (χ3v) is 4.98. The van der Waals surface area contributed by atoms with Crippen LogP contribution in [-0.4, -0.2) is 41.6 Å². The van der Waals surface area contributed by atoms with Crippen LogP contribution in [0.2, 0.25) is 10.0 Å². The van der Waals surface area contributed by atoms with E-state index in [1.165, 1.54) is 6.26 Å². The van der Waals surface area contributed by atoms with Crippen molar-refractivity contribution in [3.63, 3.8) is 0 Å². The van der Waals surface area contributed by atoms with Gasteiger partial charge in [0.05, 0.1) is 35.0 Å². The van der Waals surface area contributed by atoms with Crippen LogP contribution in [0.5, 0.6) is 0 Å². The summed E-state index contributed by atoms with van der Waals surface area (Å²) in [4.78, 5) is 25.6. The third-order valence-electron chi connectivity index (χ3n) is 4.25. The van der Waals surface area contributed by atoms with Gasteiger partial charge in [0, 0.05) is 12.1 Å². The monoisotopic (exact) mass is 397 g/mol. The Morgan fingerprint density at radius 3 is 2.77 bits per heavy atom. The van der Waals surface area contributed by atoms with Gasteiger partial charge in [-0.1, -0.05) is 29.3 Å². The maximum absolute atomic E-state index is 13.0. The van der Waals surface area contributed by atoms with E-state index in [-0.39, 0.29) is 24.2 Å². The van der Waals surface area contributed by atoms with Gasteiger partial charge < -0.3 is 19.2 Å². The van der Waals surface area contributed by atoms with Gasteiger partial charge >= 0.3 is 5.97 Å². The fourth-order valence-corrected chi connectivity index (χ4v) is 3.27. The molecular weight excluding hydrogens is 381 g/mol. The average molecular weight is 398 g/mol. The second-order valence-electron chi connectivity index (χ2n) is 6.07. The molecule has 6 nitrogen and oxygen atoms in total. The van der Waals surface area contributed by atoms with E-state index >= 15 is 0 Å². The average Bonchev–Trinajstić information content (AvgIpc) is 2.96. The van der Waals surface area contributed by atoms with Gasteiger partial charge in [-0.15, -0.1) is 0 Å². The number of benzene rings is 1. The lowest BCUT2D eigenvalue weighted by molar-refractivity contribution is -0.136. The lowest BCUT2D eigenvalue weighted by Crippen LogP contribution is -2.42. The van der Waals surface area contributed by atoms with Crippen LogP contribution in [0.4, 0.5) is 0 Å². The molecule has 1 aromatic heterocycles. The lowest BCUT2D eigenvalue weighted by Gasteiger charge is -2.33. The van der Waals surface area contributed by atoms with E-state index in [0.717, 1.165) is 5.56 Å². The highest BCUT2D eigenvalue weighted by molar-refractivity contribution is 6.42. The minimum atomic E-state index is -1.05. The van der Waals surface area contributed by atoms with Crippen molar-refractivity contribution in [3.05, 3.63) is 57.0 Å². The maximum atomic E-state index is 13.0. The summed E-state index contributed by atoms with van der Waals surface area (Å²) in [5.74, 6) is -1.15. The minimum absolute atomic E-state index is 0.164. The van der Waals surface area contributed by atoms with Crippen LogP contribution in [0.15, 0.2) is 28.9 Å². The number of hydrogen-bond acceptors (Lipinski definition) is 4. The molecule has 1 atom stereocenters. The van der Waals surface area contributed by atoms with Gasteiger partial charge in [-0.3, -0.25) is 9.59 Å². The van der Waals surface area contributed by atoms with Crippen molar-refractivity contribution in [2.75, 3.05) is 19.7 Å². The Morgan fingerprint density at radius 2 is 2.08 bits per heavy atom. The number of furan rings is 1. The zero-order valence-corrected chi connectivity index (χ0v) is 15.5. The highest BCUT2D eigenvalue weighted by atomic mass is 35.5. The largest absolute Gasteiger partial charge is 0.481 e. The molecule has 0 radical (unpaired) electrons. The van der Waals surface area contributed by atoms with Crippen LogP contribution < -0.4 is 0 Å². The number of carboxylic acids is 1. The number of ether oxygens (including phenoxy) is 1. The summed E-state index contributed by atoms with van der Waals surface area (Å²) in [5.41, 5.74) is 1.75. The van der Waals surface area contributed by atoms with Crippen LogP contribution >= 0.6 is 23.2 Å². The summed E-state index contributed by atoms with van der Waals surface area (Å²) in [6.45, 7) is 2.82. The Kier molecular flexibility index (Phi) is 5.55. The molecule has 8 heteroatoms. The number of carbonyl (C=O) groups excluding carboxylic acids is 1. The van der Waals surface area contributed by atoms with E-state index in [9.17, 15) is 9.59 Å². The summed E-state index contributed by atoms with van der Waals surface area (Å²) < 4.78 is 11.0. The summed E-state index contributed by atoms with van der Waals surface area (Å²) in [6, 6.07) is 5.22. The van der Waals surface area contributed by atoms with Gasteiger partial charge in [-0.25, -0.2) is 0 Å². The highest BCUT2D eigenvalue weighted by Crippen LogP contribution is 2.30. The first-order valence-corrected chi connectivity index (χ1v) is 8.77. The number of rotatable bonds is 4. The smallest absolute Gasteiger partial charge is 0.311 e. The second kappa shape index (κ2) is 7.70. The van der Waals surface area contributed by atoms with Crippen LogP contribution in [0.3, 0.4) is 0 Å². The lowest BCUT2D eigenvalue weighted by atomic mass is 10.1. The Hall–Kier alpha value is -2.02. The van der Waals surface area contributed by atoms with E-state index in [4.69, 9.17) is 37.5 Å². The molecule has 1 aromatic carbocycles. The number of morpholine rings is 1. The van der Waals surface area contributed by atoms with E-state index in [2.05, 4.69) is 0 Å². The number of carboxylic acid groups (broad SMARTS) is 1. The van der Waals surface area contributed by atoms with E-state index in [0.29, 0.717) is 40.9 Å². The van der Waals surface area contributed by atoms with Crippen molar-refractivity contribution in [2.45, 2.75) is 19.4 Å².